The molecule has 0 radical (unpaired) electrons. The van der Waals surface area contributed by atoms with Gasteiger partial charge in [0, 0.05) is 6.54 Å². The predicted octanol–water partition coefficient (Wildman–Crippen LogP) is 3.27. The van der Waals surface area contributed by atoms with Gasteiger partial charge in [0.25, 0.3) is 0 Å². The van der Waals surface area contributed by atoms with Gasteiger partial charge in [-0.15, -0.1) is 10.2 Å². The minimum absolute atomic E-state index is 0.0667. The maximum atomic E-state index is 12.4. The van der Waals surface area contributed by atoms with Gasteiger partial charge >= 0.3 is 0 Å². The number of rotatable bonds is 8. The SMILES string of the molecule is CC(Sc1nnc(NCc2ccco2)s1)C(=O)NCc1ccc2c(c1)OCO2. The number of thioether (sulfide) groups is 1. The molecular formula is C18H18N4O4S2. The van der Waals surface area contributed by atoms with E-state index in [-0.39, 0.29) is 18.0 Å². The predicted molar refractivity (Wildman–Crippen MR) is 106 cm³/mol. The molecule has 28 heavy (non-hydrogen) atoms. The van der Waals surface area contributed by atoms with Crippen LogP contribution in [0, 0.1) is 0 Å². The van der Waals surface area contributed by atoms with Gasteiger partial charge in [-0.2, -0.15) is 0 Å². The molecule has 1 aromatic carbocycles. The first-order valence-electron chi connectivity index (χ1n) is 8.60. The monoisotopic (exact) mass is 418 g/mol. The van der Waals surface area contributed by atoms with Crippen molar-refractivity contribution in [1.29, 1.82) is 0 Å². The van der Waals surface area contributed by atoms with Gasteiger partial charge in [0.15, 0.2) is 15.8 Å². The lowest BCUT2D eigenvalue weighted by atomic mass is 10.2. The zero-order valence-electron chi connectivity index (χ0n) is 15.0. The first kappa shape index (κ1) is 18.6. The molecule has 146 valence electrons. The smallest absolute Gasteiger partial charge is 0.233 e. The molecule has 0 aliphatic carbocycles. The van der Waals surface area contributed by atoms with Crippen molar-refractivity contribution in [3.05, 3.63) is 47.9 Å². The molecule has 10 heteroatoms. The molecule has 0 saturated carbocycles. The fourth-order valence-electron chi connectivity index (χ4n) is 2.49. The van der Waals surface area contributed by atoms with Crippen molar-refractivity contribution in [3.8, 4) is 11.5 Å². The highest BCUT2D eigenvalue weighted by molar-refractivity contribution is 8.02. The minimum Gasteiger partial charge on any atom is -0.467 e. The summed E-state index contributed by atoms with van der Waals surface area (Å²) in [6.07, 6.45) is 1.63. The van der Waals surface area contributed by atoms with E-state index in [1.54, 1.807) is 6.26 Å². The van der Waals surface area contributed by atoms with Crippen LogP contribution in [0.4, 0.5) is 5.13 Å². The van der Waals surface area contributed by atoms with Crippen molar-refractivity contribution in [3.63, 3.8) is 0 Å². The molecule has 1 aliphatic heterocycles. The number of furan rings is 1. The molecule has 0 saturated heterocycles. The fourth-order valence-corrected chi connectivity index (χ4v) is 4.41. The van der Waals surface area contributed by atoms with Crippen molar-refractivity contribution < 1.29 is 18.7 Å². The summed E-state index contributed by atoms with van der Waals surface area (Å²) in [6.45, 7) is 3.04. The van der Waals surface area contributed by atoms with Crippen LogP contribution in [0.3, 0.4) is 0 Å². The van der Waals surface area contributed by atoms with Crippen LogP contribution in [-0.4, -0.2) is 28.1 Å². The maximum Gasteiger partial charge on any atom is 0.233 e. The Bertz CT molecular complexity index is 945. The summed E-state index contributed by atoms with van der Waals surface area (Å²) in [5.74, 6) is 2.19. The van der Waals surface area contributed by atoms with E-state index in [9.17, 15) is 4.79 Å². The second-order valence-electron chi connectivity index (χ2n) is 5.97. The zero-order valence-corrected chi connectivity index (χ0v) is 16.6. The lowest BCUT2D eigenvalue weighted by molar-refractivity contribution is -0.120. The van der Waals surface area contributed by atoms with Gasteiger partial charge in [0.2, 0.25) is 17.8 Å². The van der Waals surface area contributed by atoms with E-state index in [1.165, 1.54) is 23.1 Å². The summed E-state index contributed by atoms with van der Waals surface area (Å²) in [7, 11) is 0. The van der Waals surface area contributed by atoms with Gasteiger partial charge in [-0.3, -0.25) is 4.79 Å². The topological polar surface area (TPSA) is 98.5 Å². The molecule has 1 unspecified atom stereocenters. The fraction of sp³-hybridized carbons (Fsp3) is 0.278. The number of carbonyl (C=O) groups excluding carboxylic acids is 1. The maximum absolute atomic E-state index is 12.4. The van der Waals surface area contributed by atoms with E-state index < -0.39 is 0 Å². The van der Waals surface area contributed by atoms with Crippen LogP contribution in [0.15, 0.2) is 45.4 Å². The van der Waals surface area contributed by atoms with Crippen LogP contribution in [-0.2, 0) is 17.9 Å². The summed E-state index contributed by atoms with van der Waals surface area (Å²) >= 11 is 2.78. The molecule has 2 aromatic heterocycles. The van der Waals surface area contributed by atoms with Crippen LogP contribution < -0.4 is 20.1 Å². The number of carbonyl (C=O) groups is 1. The Balaban J connectivity index is 1.25. The highest BCUT2D eigenvalue weighted by Crippen LogP contribution is 2.32. The first-order valence-corrected chi connectivity index (χ1v) is 10.3. The Morgan fingerprint density at radius 2 is 2.14 bits per heavy atom. The Morgan fingerprint density at radius 1 is 1.25 bits per heavy atom. The number of ether oxygens (including phenoxy) is 2. The van der Waals surface area contributed by atoms with Crippen LogP contribution in [0.5, 0.6) is 11.5 Å². The van der Waals surface area contributed by atoms with Crippen molar-refractivity contribution in [2.75, 3.05) is 12.1 Å². The molecule has 2 N–H and O–H groups in total. The third-order valence-electron chi connectivity index (χ3n) is 3.95. The molecule has 0 bridgehead atoms. The Morgan fingerprint density at radius 3 is 3.00 bits per heavy atom. The Hall–Kier alpha value is -2.72. The van der Waals surface area contributed by atoms with Gasteiger partial charge < -0.3 is 24.5 Å². The van der Waals surface area contributed by atoms with Crippen molar-refractivity contribution in [2.45, 2.75) is 29.6 Å². The van der Waals surface area contributed by atoms with E-state index in [0.29, 0.717) is 24.0 Å². The molecular weight excluding hydrogens is 400 g/mol. The van der Waals surface area contributed by atoms with Crippen LogP contribution in [0.2, 0.25) is 0 Å². The molecule has 8 nitrogen and oxygen atoms in total. The number of benzene rings is 1. The second-order valence-corrected chi connectivity index (χ2v) is 8.54. The minimum atomic E-state index is -0.292. The van der Waals surface area contributed by atoms with E-state index in [0.717, 1.165) is 21.4 Å². The number of nitrogens with zero attached hydrogens (tertiary/aromatic N) is 2. The lowest BCUT2D eigenvalue weighted by Gasteiger charge is -2.10. The van der Waals surface area contributed by atoms with E-state index >= 15 is 0 Å². The third kappa shape index (κ3) is 4.57. The second kappa shape index (κ2) is 8.53. The van der Waals surface area contributed by atoms with Crippen molar-refractivity contribution >= 4 is 34.1 Å². The van der Waals surface area contributed by atoms with Crippen LogP contribution in [0.1, 0.15) is 18.2 Å². The Labute approximate surface area is 169 Å². The third-order valence-corrected chi connectivity index (χ3v) is 6.02. The molecule has 3 aromatic rings. The lowest BCUT2D eigenvalue weighted by Crippen LogP contribution is -2.30. The molecule has 3 heterocycles. The average molecular weight is 419 g/mol. The normalized spacial score (nSPS) is 13.3. The van der Waals surface area contributed by atoms with Gasteiger partial charge in [-0.25, -0.2) is 0 Å². The quantitative estimate of drug-likeness (QED) is 0.538. The number of hydrogen-bond acceptors (Lipinski definition) is 9. The molecule has 4 rings (SSSR count). The van der Waals surface area contributed by atoms with E-state index in [1.807, 2.05) is 37.3 Å². The Kier molecular flexibility index (Phi) is 5.68. The number of aromatic nitrogens is 2. The summed E-state index contributed by atoms with van der Waals surface area (Å²) in [5.41, 5.74) is 0.954. The largest absolute Gasteiger partial charge is 0.467 e. The highest BCUT2D eigenvalue weighted by atomic mass is 32.2. The van der Waals surface area contributed by atoms with E-state index in [4.69, 9.17) is 13.9 Å². The molecule has 1 aliphatic rings. The van der Waals surface area contributed by atoms with Crippen LogP contribution in [0.25, 0.3) is 0 Å². The van der Waals surface area contributed by atoms with Gasteiger partial charge in [0.05, 0.1) is 18.1 Å². The summed E-state index contributed by atoms with van der Waals surface area (Å²) in [4.78, 5) is 12.4. The standard InChI is InChI=1S/C18H18N4O4S2/c1-11(16(23)19-8-12-4-5-14-15(7-12)26-10-25-14)27-18-22-21-17(28-18)20-9-13-3-2-6-24-13/h2-7,11H,8-10H2,1H3,(H,19,23)(H,20,21). The molecule has 1 amide bonds. The first-order chi connectivity index (χ1) is 13.7. The van der Waals surface area contributed by atoms with Crippen molar-refractivity contribution in [2.24, 2.45) is 0 Å². The van der Waals surface area contributed by atoms with Gasteiger partial charge in [-0.1, -0.05) is 29.2 Å². The van der Waals surface area contributed by atoms with Crippen LogP contribution >= 0.6 is 23.1 Å². The molecule has 0 spiro atoms. The number of fused-ring (bicyclic) bond motifs is 1. The van der Waals surface area contributed by atoms with Gasteiger partial charge in [0.1, 0.15) is 5.76 Å². The number of hydrogen-bond donors (Lipinski definition) is 2. The van der Waals surface area contributed by atoms with Crippen molar-refractivity contribution in [1.82, 2.24) is 15.5 Å². The summed E-state index contributed by atoms with van der Waals surface area (Å²) < 4.78 is 16.6. The van der Waals surface area contributed by atoms with Gasteiger partial charge in [-0.05, 0) is 36.8 Å². The zero-order chi connectivity index (χ0) is 19.3. The summed E-state index contributed by atoms with van der Waals surface area (Å²) in [6, 6.07) is 9.36. The number of amides is 1. The highest BCUT2D eigenvalue weighted by Gasteiger charge is 2.18. The number of anilines is 1. The molecule has 1 atom stereocenters. The average Bonchev–Trinajstić information content (AvgIpc) is 3.45. The summed E-state index contributed by atoms with van der Waals surface area (Å²) in [5, 5.41) is 14.7. The number of nitrogens with one attached hydrogen (secondary N) is 2. The van der Waals surface area contributed by atoms with E-state index in [2.05, 4.69) is 20.8 Å². The molecule has 0 fully saturated rings.